The van der Waals surface area contributed by atoms with Crippen LogP contribution in [0.15, 0.2) is 24.3 Å². The molecule has 1 fully saturated rings. The zero-order valence-electron chi connectivity index (χ0n) is 9.96. The van der Waals surface area contributed by atoms with Gasteiger partial charge in [0.2, 0.25) is 0 Å². The van der Waals surface area contributed by atoms with Gasteiger partial charge in [0.05, 0.1) is 10.7 Å². The van der Waals surface area contributed by atoms with Crippen LogP contribution < -0.4 is 15.8 Å². The van der Waals surface area contributed by atoms with E-state index in [9.17, 15) is 0 Å². The van der Waals surface area contributed by atoms with E-state index < -0.39 is 0 Å². The molecule has 2 rings (SSSR count). The van der Waals surface area contributed by atoms with Crippen molar-refractivity contribution in [2.45, 2.75) is 32.4 Å². The summed E-state index contributed by atoms with van der Waals surface area (Å²) in [4.78, 5) is 0. The smallest absolute Gasteiger partial charge is 0.189 e. The van der Waals surface area contributed by atoms with Gasteiger partial charge in [0.25, 0.3) is 0 Å². The molecule has 1 aliphatic heterocycles. The molecule has 2 N–H and O–H groups in total. The van der Waals surface area contributed by atoms with E-state index in [1.807, 2.05) is 29.3 Å². The van der Waals surface area contributed by atoms with Gasteiger partial charge in [0.1, 0.15) is 5.66 Å². The molecule has 3 nitrogen and oxygen atoms in total. The summed E-state index contributed by atoms with van der Waals surface area (Å²) in [6.07, 6.45) is 1.90. The predicted molar refractivity (Wildman–Crippen MR) is 76.1 cm³/mol. The second kappa shape index (κ2) is 4.80. The van der Waals surface area contributed by atoms with Gasteiger partial charge in [-0.15, -0.1) is 0 Å². The molecule has 1 heterocycles. The molecular weight excluding hydrogens is 254 g/mol. The van der Waals surface area contributed by atoms with E-state index in [0.29, 0.717) is 10.1 Å². The summed E-state index contributed by atoms with van der Waals surface area (Å²) in [6.45, 7) is 4.25. The van der Waals surface area contributed by atoms with E-state index in [1.165, 1.54) is 0 Å². The molecule has 1 aromatic carbocycles. The largest absolute Gasteiger partial charge is 0.342 e. The number of hydrogen-bond donors (Lipinski definition) is 2. The van der Waals surface area contributed by atoms with Gasteiger partial charge >= 0.3 is 0 Å². The van der Waals surface area contributed by atoms with Crippen molar-refractivity contribution in [1.82, 2.24) is 10.7 Å². The zero-order chi connectivity index (χ0) is 12.5. The predicted octanol–water partition coefficient (Wildman–Crippen LogP) is 3.06. The molecule has 0 saturated carbocycles. The Morgan fingerprint density at radius 3 is 2.47 bits per heavy atom. The summed E-state index contributed by atoms with van der Waals surface area (Å²) in [5.41, 5.74) is 4.14. The molecule has 0 bridgehead atoms. The number of rotatable bonds is 3. The maximum Gasteiger partial charge on any atom is 0.189 e. The minimum Gasteiger partial charge on any atom is -0.342 e. The second-order valence-corrected chi connectivity index (χ2v) is 4.91. The minimum atomic E-state index is -0.156. The van der Waals surface area contributed by atoms with Crippen LogP contribution in [0.3, 0.4) is 0 Å². The molecule has 0 atom stereocenters. The van der Waals surface area contributed by atoms with Gasteiger partial charge < -0.3 is 5.32 Å². The Hall–Kier alpha value is -0.840. The van der Waals surface area contributed by atoms with Crippen LogP contribution in [0.25, 0.3) is 0 Å². The van der Waals surface area contributed by atoms with E-state index in [0.717, 1.165) is 18.5 Å². The van der Waals surface area contributed by atoms with Crippen molar-refractivity contribution in [3.05, 3.63) is 29.3 Å². The summed E-state index contributed by atoms with van der Waals surface area (Å²) >= 11 is 11.5. The number of anilines is 1. The fourth-order valence-electron chi connectivity index (χ4n) is 1.94. The first-order chi connectivity index (χ1) is 8.12. The zero-order valence-corrected chi connectivity index (χ0v) is 11.5. The second-order valence-electron chi connectivity index (χ2n) is 4.12. The lowest BCUT2D eigenvalue weighted by Gasteiger charge is -2.27. The lowest BCUT2D eigenvalue weighted by Crippen LogP contribution is -2.50. The standard InChI is InChI=1S/C12H16ClN3S/c1-3-12(4-2)14-11(17)16(15-12)10-8-6-5-7-9(10)13/h5-8,15H,3-4H2,1-2H3,(H,14,17). The summed E-state index contributed by atoms with van der Waals surface area (Å²) in [6, 6.07) is 7.67. The van der Waals surface area contributed by atoms with Crippen molar-refractivity contribution in [2.24, 2.45) is 0 Å². The summed E-state index contributed by atoms with van der Waals surface area (Å²) in [5.74, 6) is 0. The molecular formula is C12H16ClN3S. The lowest BCUT2D eigenvalue weighted by molar-refractivity contribution is 0.315. The van der Waals surface area contributed by atoms with Crippen molar-refractivity contribution in [3.8, 4) is 0 Å². The molecule has 0 unspecified atom stereocenters. The van der Waals surface area contributed by atoms with Gasteiger partial charge in [-0.1, -0.05) is 37.6 Å². The highest BCUT2D eigenvalue weighted by atomic mass is 35.5. The topological polar surface area (TPSA) is 27.3 Å². The van der Waals surface area contributed by atoms with Gasteiger partial charge in [0.15, 0.2) is 5.11 Å². The number of halogens is 1. The van der Waals surface area contributed by atoms with E-state index in [1.54, 1.807) is 0 Å². The van der Waals surface area contributed by atoms with Crippen molar-refractivity contribution >= 4 is 34.6 Å². The van der Waals surface area contributed by atoms with Gasteiger partial charge in [-0.05, 0) is 37.2 Å². The van der Waals surface area contributed by atoms with Crippen LogP contribution in [-0.2, 0) is 0 Å². The minimum absolute atomic E-state index is 0.156. The van der Waals surface area contributed by atoms with Crippen molar-refractivity contribution in [1.29, 1.82) is 0 Å². The van der Waals surface area contributed by atoms with Crippen LogP contribution in [-0.4, -0.2) is 10.8 Å². The number of nitrogens with one attached hydrogen (secondary N) is 2. The Morgan fingerprint density at radius 2 is 1.94 bits per heavy atom. The molecule has 0 aromatic heterocycles. The van der Waals surface area contributed by atoms with Crippen LogP contribution in [0, 0.1) is 0 Å². The fraction of sp³-hybridized carbons (Fsp3) is 0.417. The van der Waals surface area contributed by atoms with Crippen LogP contribution in [0.4, 0.5) is 5.69 Å². The highest BCUT2D eigenvalue weighted by molar-refractivity contribution is 7.80. The first kappa shape index (κ1) is 12.6. The van der Waals surface area contributed by atoms with E-state index in [2.05, 4.69) is 24.6 Å². The molecule has 5 heteroatoms. The monoisotopic (exact) mass is 269 g/mol. The first-order valence-electron chi connectivity index (χ1n) is 5.76. The number of para-hydroxylation sites is 1. The highest BCUT2D eigenvalue weighted by Gasteiger charge is 2.38. The number of benzene rings is 1. The molecule has 92 valence electrons. The molecule has 1 aliphatic rings. The molecule has 1 aromatic rings. The molecule has 0 spiro atoms. The quantitative estimate of drug-likeness (QED) is 0.825. The number of thiocarbonyl (C=S) groups is 1. The van der Waals surface area contributed by atoms with Crippen molar-refractivity contribution in [2.75, 3.05) is 5.01 Å². The van der Waals surface area contributed by atoms with Crippen LogP contribution in [0.2, 0.25) is 5.02 Å². The van der Waals surface area contributed by atoms with Crippen LogP contribution >= 0.6 is 23.8 Å². The lowest BCUT2D eigenvalue weighted by atomic mass is 10.1. The third-order valence-electron chi connectivity index (χ3n) is 3.18. The molecule has 0 aliphatic carbocycles. The van der Waals surface area contributed by atoms with Gasteiger partial charge in [-0.3, -0.25) is 0 Å². The third kappa shape index (κ3) is 2.25. The van der Waals surface area contributed by atoms with Gasteiger partial charge in [-0.2, -0.15) is 0 Å². The average Bonchev–Trinajstić information content (AvgIpc) is 2.68. The number of hydrogen-bond acceptors (Lipinski definition) is 2. The molecule has 0 amide bonds. The summed E-state index contributed by atoms with van der Waals surface area (Å²) < 4.78 is 0. The molecule has 17 heavy (non-hydrogen) atoms. The first-order valence-corrected chi connectivity index (χ1v) is 6.55. The Balaban J connectivity index is 2.30. The van der Waals surface area contributed by atoms with Crippen molar-refractivity contribution in [3.63, 3.8) is 0 Å². The highest BCUT2D eigenvalue weighted by Crippen LogP contribution is 2.29. The van der Waals surface area contributed by atoms with E-state index >= 15 is 0 Å². The Bertz CT molecular complexity index is 432. The normalized spacial score (nSPS) is 18.3. The van der Waals surface area contributed by atoms with Crippen molar-refractivity contribution < 1.29 is 0 Å². The maximum atomic E-state index is 6.18. The molecule has 0 radical (unpaired) electrons. The Kier molecular flexibility index (Phi) is 3.56. The Morgan fingerprint density at radius 1 is 1.29 bits per heavy atom. The third-order valence-corrected chi connectivity index (χ3v) is 3.78. The van der Waals surface area contributed by atoms with Gasteiger partial charge in [-0.25, -0.2) is 10.4 Å². The summed E-state index contributed by atoms with van der Waals surface area (Å²) in [5, 5.41) is 6.54. The number of hydrazine groups is 1. The molecule has 1 saturated heterocycles. The van der Waals surface area contributed by atoms with Gasteiger partial charge in [0, 0.05) is 0 Å². The summed E-state index contributed by atoms with van der Waals surface area (Å²) in [7, 11) is 0. The SMILES string of the molecule is CCC1(CC)NC(=S)N(c2ccccc2Cl)N1. The fourth-order valence-corrected chi connectivity index (χ4v) is 2.50. The maximum absolute atomic E-state index is 6.18. The van der Waals surface area contributed by atoms with Crippen LogP contribution in [0.1, 0.15) is 26.7 Å². The van der Waals surface area contributed by atoms with E-state index in [4.69, 9.17) is 23.8 Å². The average molecular weight is 270 g/mol. The number of nitrogens with zero attached hydrogens (tertiary/aromatic N) is 1. The van der Waals surface area contributed by atoms with E-state index in [-0.39, 0.29) is 5.66 Å². The Labute approximate surface area is 112 Å². The van der Waals surface area contributed by atoms with Crippen LogP contribution in [0.5, 0.6) is 0 Å².